The molecule has 2 nitrogen and oxygen atoms in total. The molecule has 1 unspecified atom stereocenters. The summed E-state index contributed by atoms with van der Waals surface area (Å²) in [4.78, 5) is 5.01. The second kappa shape index (κ2) is 14.6. The average Bonchev–Trinajstić information content (AvgIpc) is 2.79. The third kappa shape index (κ3) is 9.33. The van der Waals surface area contributed by atoms with Crippen LogP contribution < -0.4 is 4.74 Å². The summed E-state index contributed by atoms with van der Waals surface area (Å²) in [6.07, 6.45) is 13.0. The zero-order valence-electron chi connectivity index (χ0n) is 23.2. The van der Waals surface area contributed by atoms with E-state index in [4.69, 9.17) is 9.73 Å². The maximum atomic E-state index is 5.70. The van der Waals surface area contributed by atoms with E-state index in [2.05, 4.69) is 79.0 Å². The zero-order chi connectivity index (χ0) is 25.8. The van der Waals surface area contributed by atoms with Crippen LogP contribution in [0.5, 0.6) is 5.75 Å². The molecule has 0 aliphatic carbocycles. The van der Waals surface area contributed by atoms with E-state index in [0.29, 0.717) is 0 Å². The molecule has 34 heavy (non-hydrogen) atoms. The molecular weight excluding hydrogens is 414 g/mol. The maximum absolute atomic E-state index is 5.70. The van der Waals surface area contributed by atoms with Crippen molar-refractivity contribution >= 4 is 17.0 Å². The van der Waals surface area contributed by atoms with Gasteiger partial charge in [0.25, 0.3) is 0 Å². The van der Waals surface area contributed by atoms with Gasteiger partial charge in [0.05, 0.1) is 12.8 Å². The second-order valence-electron chi connectivity index (χ2n) is 9.82. The molecule has 0 saturated carbocycles. The van der Waals surface area contributed by atoms with Crippen molar-refractivity contribution in [1.82, 2.24) is 0 Å². The topological polar surface area (TPSA) is 21.6 Å². The maximum Gasteiger partial charge on any atom is 0.124 e. The van der Waals surface area contributed by atoms with Crippen LogP contribution in [0.4, 0.5) is 5.69 Å². The molecule has 0 fully saturated rings. The van der Waals surface area contributed by atoms with Gasteiger partial charge in [-0.15, -0.1) is 0 Å². The highest BCUT2D eigenvalue weighted by Gasteiger charge is 2.13. The van der Waals surface area contributed by atoms with Crippen LogP contribution in [0.3, 0.4) is 0 Å². The summed E-state index contributed by atoms with van der Waals surface area (Å²) in [5.74, 6) is 2.34. The predicted octanol–water partition coefficient (Wildman–Crippen LogP) is 9.99. The van der Waals surface area contributed by atoms with Gasteiger partial charge in [0.1, 0.15) is 5.75 Å². The Bertz CT molecular complexity index is 969. The van der Waals surface area contributed by atoms with Crippen LogP contribution in [0.15, 0.2) is 71.3 Å². The van der Waals surface area contributed by atoms with Crippen LogP contribution in [0, 0.1) is 18.8 Å². The number of methoxy groups -OCH3 is 1. The minimum Gasteiger partial charge on any atom is -0.496 e. The number of allylic oxidation sites excluding steroid dienone is 8. The van der Waals surface area contributed by atoms with Crippen molar-refractivity contribution < 1.29 is 4.74 Å². The van der Waals surface area contributed by atoms with E-state index in [1.54, 1.807) is 7.11 Å². The standard InChI is InChI=1S/C32H47NO/c1-12-14-15-29(23(5)6)19-25(8)27(10)33-31-20-30(21-32(34-11)26(31)9)24(7)16-17-28(13-2)18-22(3)4/h12,14-15,19-22,28H,5,7,13,16-18H2,1-4,6,8-11H3/b14-12-,25-19+,29-15-,33-27?. The van der Waals surface area contributed by atoms with Gasteiger partial charge in [-0.25, -0.2) is 0 Å². The number of rotatable bonds is 13. The normalized spacial score (nSPS) is 14.1. The lowest BCUT2D eigenvalue weighted by atomic mass is 9.88. The number of hydrogen-bond acceptors (Lipinski definition) is 2. The lowest BCUT2D eigenvalue weighted by Crippen LogP contribution is -2.04. The molecule has 1 rings (SSSR count). The first kappa shape index (κ1) is 29.4. The van der Waals surface area contributed by atoms with Crippen molar-refractivity contribution in [1.29, 1.82) is 0 Å². The summed E-state index contributed by atoms with van der Waals surface area (Å²) in [6.45, 7) is 25.7. The lowest BCUT2D eigenvalue weighted by molar-refractivity contribution is 0.380. The van der Waals surface area contributed by atoms with Crippen molar-refractivity contribution in [3.63, 3.8) is 0 Å². The van der Waals surface area contributed by atoms with Crippen LogP contribution in [0.1, 0.15) is 85.3 Å². The average molecular weight is 462 g/mol. The molecule has 0 bridgehead atoms. The number of hydrogen-bond donors (Lipinski definition) is 0. The van der Waals surface area contributed by atoms with Crippen LogP contribution in [-0.2, 0) is 0 Å². The summed E-state index contributed by atoms with van der Waals surface area (Å²) in [6, 6.07) is 4.27. The van der Waals surface area contributed by atoms with Gasteiger partial charge >= 0.3 is 0 Å². The Morgan fingerprint density at radius 3 is 2.35 bits per heavy atom. The van der Waals surface area contributed by atoms with E-state index >= 15 is 0 Å². The molecule has 0 spiro atoms. The number of aliphatic imine (C=N–C) groups is 1. The minimum absolute atomic E-state index is 0.733. The highest BCUT2D eigenvalue weighted by atomic mass is 16.5. The van der Waals surface area contributed by atoms with Gasteiger partial charge in [0.15, 0.2) is 0 Å². The van der Waals surface area contributed by atoms with Gasteiger partial charge in [0.2, 0.25) is 0 Å². The van der Waals surface area contributed by atoms with Gasteiger partial charge < -0.3 is 4.74 Å². The van der Waals surface area contributed by atoms with E-state index < -0.39 is 0 Å². The molecule has 0 heterocycles. The first-order valence-corrected chi connectivity index (χ1v) is 12.6. The molecule has 1 aromatic carbocycles. The fraction of sp³-hybridized carbons (Fsp3) is 0.469. The van der Waals surface area contributed by atoms with Gasteiger partial charge in [-0.3, -0.25) is 4.99 Å². The third-order valence-electron chi connectivity index (χ3n) is 6.39. The highest BCUT2D eigenvalue weighted by molar-refractivity contribution is 6.00. The Balaban J connectivity index is 3.27. The molecule has 0 N–H and O–H groups in total. The van der Waals surface area contributed by atoms with Crippen LogP contribution in [0.2, 0.25) is 0 Å². The van der Waals surface area contributed by atoms with Crippen molar-refractivity contribution in [3.05, 3.63) is 77.4 Å². The van der Waals surface area contributed by atoms with Gasteiger partial charge in [0, 0.05) is 11.3 Å². The molecule has 1 atom stereocenters. The highest BCUT2D eigenvalue weighted by Crippen LogP contribution is 2.35. The van der Waals surface area contributed by atoms with E-state index in [1.165, 1.54) is 19.3 Å². The summed E-state index contributed by atoms with van der Waals surface area (Å²) >= 11 is 0. The zero-order valence-corrected chi connectivity index (χ0v) is 23.2. The molecular formula is C32H47NO. The van der Waals surface area contributed by atoms with Crippen LogP contribution >= 0.6 is 0 Å². The van der Waals surface area contributed by atoms with Gasteiger partial charge in [-0.2, -0.15) is 0 Å². The van der Waals surface area contributed by atoms with Crippen LogP contribution in [0.25, 0.3) is 5.57 Å². The minimum atomic E-state index is 0.733. The van der Waals surface area contributed by atoms with Crippen molar-refractivity contribution in [3.8, 4) is 5.75 Å². The first-order chi connectivity index (χ1) is 16.0. The fourth-order valence-electron chi connectivity index (χ4n) is 4.00. The monoisotopic (exact) mass is 461 g/mol. The molecule has 186 valence electrons. The van der Waals surface area contributed by atoms with Crippen molar-refractivity contribution in [2.24, 2.45) is 16.8 Å². The molecule has 0 saturated heterocycles. The summed E-state index contributed by atoms with van der Waals surface area (Å²) in [7, 11) is 1.72. The molecule has 1 aromatic rings. The Hall–Kier alpha value is -2.61. The Kier molecular flexibility index (Phi) is 12.6. The van der Waals surface area contributed by atoms with E-state index in [1.807, 2.05) is 26.0 Å². The van der Waals surface area contributed by atoms with Crippen molar-refractivity contribution in [2.45, 2.75) is 81.1 Å². The SMILES string of the molecule is C=C(C)C(=C\C=C/C)/C=C(\C)C(C)=Nc1cc(C(=C)CCC(CC)CC(C)C)cc(OC)c1C. The van der Waals surface area contributed by atoms with Gasteiger partial charge in [-0.05, 0) is 106 Å². The first-order valence-electron chi connectivity index (χ1n) is 12.6. The molecule has 2 heteroatoms. The molecule has 0 aliphatic heterocycles. The smallest absolute Gasteiger partial charge is 0.124 e. The number of ether oxygens (including phenoxy) is 1. The molecule has 0 aromatic heterocycles. The van der Waals surface area contributed by atoms with Gasteiger partial charge in [-0.1, -0.05) is 64.2 Å². The predicted molar refractivity (Wildman–Crippen MR) is 153 cm³/mol. The van der Waals surface area contributed by atoms with Crippen molar-refractivity contribution in [2.75, 3.05) is 7.11 Å². The van der Waals surface area contributed by atoms with E-state index in [0.717, 1.165) is 68.8 Å². The molecule has 0 aliphatic rings. The number of nitrogens with zero attached hydrogens (tertiary/aromatic N) is 1. The Morgan fingerprint density at radius 2 is 1.82 bits per heavy atom. The second-order valence-corrected chi connectivity index (χ2v) is 9.82. The summed E-state index contributed by atoms with van der Waals surface area (Å²) in [5, 5.41) is 0. The Morgan fingerprint density at radius 1 is 1.15 bits per heavy atom. The molecule has 0 amide bonds. The Labute approximate surface area is 209 Å². The number of benzene rings is 1. The fourth-order valence-corrected chi connectivity index (χ4v) is 4.00. The summed E-state index contributed by atoms with van der Waals surface area (Å²) < 4.78 is 5.70. The summed E-state index contributed by atoms with van der Waals surface area (Å²) in [5.41, 5.74) is 8.47. The molecule has 0 radical (unpaired) electrons. The third-order valence-corrected chi connectivity index (χ3v) is 6.39. The van der Waals surface area contributed by atoms with E-state index in [9.17, 15) is 0 Å². The van der Waals surface area contributed by atoms with E-state index in [-0.39, 0.29) is 0 Å². The lowest BCUT2D eigenvalue weighted by Gasteiger charge is -2.18. The van der Waals surface area contributed by atoms with Crippen LogP contribution in [-0.4, -0.2) is 12.8 Å². The largest absolute Gasteiger partial charge is 0.496 e. The quantitative estimate of drug-likeness (QED) is 0.211.